The van der Waals surface area contributed by atoms with Gasteiger partial charge in [0.25, 0.3) is 0 Å². The third-order valence-electron chi connectivity index (χ3n) is 4.39. The van der Waals surface area contributed by atoms with Crippen molar-refractivity contribution in [3.8, 4) is 16.9 Å². The van der Waals surface area contributed by atoms with Crippen LogP contribution in [0.5, 0.6) is 0 Å². The lowest BCUT2D eigenvalue weighted by Gasteiger charge is -2.11. The van der Waals surface area contributed by atoms with Gasteiger partial charge in [0.15, 0.2) is 0 Å². The topological polar surface area (TPSA) is 29.9 Å². The van der Waals surface area contributed by atoms with Crippen LogP contribution in [-0.2, 0) is 6.42 Å². The number of anilines is 1. The number of hydrogen-bond donors (Lipinski definition) is 1. The highest BCUT2D eigenvalue weighted by Crippen LogP contribution is 2.37. The van der Waals surface area contributed by atoms with Crippen LogP contribution in [0.3, 0.4) is 0 Å². The summed E-state index contributed by atoms with van der Waals surface area (Å²) in [7, 11) is 0. The van der Waals surface area contributed by atoms with Gasteiger partial charge in [-0.15, -0.1) is 0 Å². The van der Waals surface area contributed by atoms with E-state index < -0.39 is 0 Å². The Bertz CT molecular complexity index is 936. The lowest BCUT2D eigenvalue weighted by atomic mass is 10.0. The molecule has 25 heavy (non-hydrogen) atoms. The molecule has 1 aliphatic rings. The van der Waals surface area contributed by atoms with Gasteiger partial charge in [-0.1, -0.05) is 41.4 Å². The normalized spacial score (nSPS) is 13.9. The SMILES string of the molecule is Fc1cccc(-c2nn(-c3cccc(Cl)c3Cl)c3c2CCCCN3)c1. The maximum atomic E-state index is 13.7. The van der Waals surface area contributed by atoms with Crippen LogP contribution in [0.15, 0.2) is 42.5 Å². The Morgan fingerprint density at radius 1 is 1.08 bits per heavy atom. The lowest BCUT2D eigenvalue weighted by molar-refractivity contribution is 0.628. The van der Waals surface area contributed by atoms with Crippen molar-refractivity contribution in [1.29, 1.82) is 0 Å². The molecule has 6 heteroatoms. The zero-order chi connectivity index (χ0) is 17.4. The van der Waals surface area contributed by atoms with Gasteiger partial charge in [0.05, 0.1) is 21.4 Å². The van der Waals surface area contributed by atoms with Gasteiger partial charge in [-0.2, -0.15) is 5.10 Å². The number of hydrogen-bond acceptors (Lipinski definition) is 2. The molecule has 1 aromatic heterocycles. The molecule has 0 amide bonds. The van der Waals surface area contributed by atoms with E-state index in [1.54, 1.807) is 16.8 Å². The third kappa shape index (κ3) is 3.00. The molecular weight excluding hydrogens is 360 g/mol. The van der Waals surface area contributed by atoms with Gasteiger partial charge in [0, 0.05) is 17.7 Å². The molecule has 0 unspecified atom stereocenters. The molecule has 0 spiro atoms. The quantitative estimate of drug-likeness (QED) is 0.619. The summed E-state index contributed by atoms with van der Waals surface area (Å²) in [6.07, 6.45) is 3.00. The van der Waals surface area contributed by atoms with E-state index in [9.17, 15) is 4.39 Å². The monoisotopic (exact) mass is 375 g/mol. The second kappa shape index (κ2) is 6.70. The summed E-state index contributed by atoms with van der Waals surface area (Å²) in [5.74, 6) is 0.629. The average molecular weight is 376 g/mol. The Balaban J connectivity index is 1.95. The number of benzene rings is 2. The molecule has 0 aliphatic carbocycles. The fourth-order valence-corrected chi connectivity index (χ4v) is 3.58. The minimum Gasteiger partial charge on any atom is -0.370 e. The number of nitrogens with zero attached hydrogens (tertiary/aromatic N) is 2. The number of halogens is 3. The molecule has 128 valence electrons. The van der Waals surface area contributed by atoms with Gasteiger partial charge in [0.2, 0.25) is 0 Å². The highest BCUT2D eigenvalue weighted by atomic mass is 35.5. The summed E-state index contributed by atoms with van der Waals surface area (Å²) in [4.78, 5) is 0. The van der Waals surface area contributed by atoms with Crippen LogP contribution in [0.2, 0.25) is 10.0 Å². The Morgan fingerprint density at radius 3 is 2.76 bits per heavy atom. The van der Waals surface area contributed by atoms with E-state index in [1.807, 2.05) is 18.2 Å². The van der Waals surface area contributed by atoms with E-state index in [2.05, 4.69) is 5.32 Å². The van der Waals surface area contributed by atoms with Crippen molar-refractivity contribution in [2.45, 2.75) is 19.3 Å². The first-order chi connectivity index (χ1) is 12.1. The molecule has 1 N–H and O–H groups in total. The van der Waals surface area contributed by atoms with E-state index in [0.29, 0.717) is 15.7 Å². The minimum atomic E-state index is -0.275. The summed E-state index contributed by atoms with van der Waals surface area (Å²) in [5.41, 5.74) is 3.33. The summed E-state index contributed by atoms with van der Waals surface area (Å²) < 4.78 is 15.5. The molecule has 2 aromatic carbocycles. The predicted molar refractivity (Wildman–Crippen MR) is 100 cm³/mol. The number of nitrogens with one attached hydrogen (secondary N) is 1. The highest BCUT2D eigenvalue weighted by molar-refractivity contribution is 6.43. The summed E-state index contributed by atoms with van der Waals surface area (Å²) in [6.45, 7) is 0.861. The second-order valence-electron chi connectivity index (χ2n) is 6.05. The lowest BCUT2D eigenvalue weighted by Crippen LogP contribution is -2.07. The Kier molecular flexibility index (Phi) is 4.40. The minimum absolute atomic E-state index is 0.275. The predicted octanol–water partition coefficient (Wildman–Crippen LogP) is 5.73. The van der Waals surface area contributed by atoms with Crippen LogP contribution in [-0.4, -0.2) is 16.3 Å². The van der Waals surface area contributed by atoms with Gasteiger partial charge in [0.1, 0.15) is 11.6 Å². The van der Waals surface area contributed by atoms with Gasteiger partial charge < -0.3 is 5.32 Å². The molecule has 0 fully saturated rings. The molecule has 0 saturated carbocycles. The van der Waals surface area contributed by atoms with Crippen molar-refractivity contribution in [3.05, 3.63) is 63.9 Å². The first-order valence-electron chi connectivity index (χ1n) is 8.21. The Morgan fingerprint density at radius 2 is 1.92 bits per heavy atom. The zero-order valence-corrected chi connectivity index (χ0v) is 14.9. The van der Waals surface area contributed by atoms with E-state index >= 15 is 0 Å². The molecule has 4 rings (SSSR count). The number of fused-ring (bicyclic) bond motifs is 1. The zero-order valence-electron chi connectivity index (χ0n) is 13.4. The maximum Gasteiger partial charge on any atom is 0.133 e. The van der Waals surface area contributed by atoms with Crippen molar-refractivity contribution in [1.82, 2.24) is 9.78 Å². The second-order valence-corrected chi connectivity index (χ2v) is 6.84. The molecule has 0 atom stereocenters. The molecule has 0 saturated heterocycles. The van der Waals surface area contributed by atoms with E-state index in [1.165, 1.54) is 12.1 Å². The first kappa shape index (κ1) is 16.4. The summed E-state index contributed by atoms with van der Waals surface area (Å²) in [6, 6.07) is 12.0. The fraction of sp³-hybridized carbons (Fsp3) is 0.211. The van der Waals surface area contributed by atoms with Crippen LogP contribution in [0.1, 0.15) is 18.4 Å². The smallest absolute Gasteiger partial charge is 0.133 e. The van der Waals surface area contributed by atoms with E-state index in [0.717, 1.165) is 48.4 Å². The first-order valence-corrected chi connectivity index (χ1v) is 8.97. The highest BCUT2D eigenvalue weighted by Gasteiger charge is 2.23. The van der Waals surface area contributed by atoms with Crippen molar-refractivity contribution in [2.24, 2.45) is 0 Å². The molecule has 3 nitrogen and oxygen atoms in total. The van der Waals surface area contributed by atoms with Crippen LogP contribution in [0, 0.1) is 5.82 Å². The maximum absolute atomic E-state index is 13.7. The molecule has 3 aromatic rings. The Hall–Kier alpha value is -2.04. The van der Waals surface area contributed by atoms with Gasteiger partial charge in [-0.25, -0.2) is 9.07 Å². The molecule has 1 aliphatic heterocycles. The molecule has 0 bridgehead atoms. The van der Waals surface area contributed by atoms with Crippen molar-refractivity contribution in [3.63, 3.8) is 0 Å². The largest absolute Gasteiger partial charge is 0.370 e. The third-order valence-corrected chi connectivity index (χ3v) is 5.20. The van der Waals surface area contributed by atoms with E-state index in [-0.39, 0.29) is 5.82 Å². The standard InChI is InChI=1S/C19H16Cl2FN3/c20-15-8-4-9-16(17(15)21)25-19-14(7-1-2-10-23-19)18(24-25)12-5-3-6-13(22)11-12/h3-6,8-9,11,23H,1-2,7,10H2. The van der Waals surface area contributed by atoms with Gasteiger partial charge >= 0.3 is 0 Å². The molecule has 0 radical (unpaired) electrons. The number of rotatable bonds is 2. The van der Waals surface area contributed by atoms with Crippen LogP contribution in [0.25, 0.3) is 16.9 Å². The summed E-state index contributed by atoms with van der Waals surface area (Å²) >= 11 is 12.6. The summed E-state index contributed by atoms with van der Waals surface area (Å²) in [5, 5.41) is 9.14. The van der Waals surface area contributed by atoms with Gasteiger partial charge in [-0.3, -0.25) is 0 Å². The fourth-order valence-electron chi connectivity index (χ4n) is 3.20. The van der Waals surface area contributed by atoms with Crippen LogP contribution < -0.4 is 5.32 Å². The van der Waals surface area contributed by atoms with Crippen LogP contribution in [0.4, 0.5) is 10.2 Å². The van der Waals surface area contributed by atoms with Crippen molar-refractivity contribution >= 4 is 29.0 Å². The van der Waals surface area contributed by atoms with Crippen molar-refractivity contribution in [2.75, 3.05) is 11.9 Å². The number of aromatic nitrogens is 2. The average Bonchev–Trinajstić information content (AvgIpc) is 2.79. The Labute approximate surface area is 155 Å². The molecular formula is C19H16Cl2FN3. The van der Waals surface area contributed by atoms with Gasteiger partial charge in [-0.05, 0) is 43.5 Å². The van der Waals surface area contributed by atoms with Crippen molar-refractivity contribution < 1.29 is 4.39 Å². The van der Waals surface area contributed by atoms with E-state index in [4.69, 9.17) is 28.3 Å². The molecule has 2 heterocycles. The van der Waals surface area contributed by atoms with Crippen LogP contribution >= 0.6 is 23.2 Å².